The second-order valence-electron chi connectivity index (χ2n) is 9.26. The molecule has 0 spiro atoms. The van der Waals surface area contributed by atoms with Gasteiger partial charge in [-0.2, -0.15) is 18.3 Å². The Hall–Kier alpha value is -3.41. The van der Waals surface area contributed by atoms with Crippen molar-refractivity contribution in [2.24, 2.45) is 5.92 Å². The SMILES string of the molecule is CN(CCC(F)(F)F)C(=O)[C@H]1CCc2c(sc3ncnc(Nc4cc5ccnn5cc4N(C)C)c23)C1. The molecule has 36 heavy (non-hydrogen) atoms. The van der Waals surface area contributed by atoms with Crippen molar-refractivity contribution in [1.29, 1.82) is 0 Å². The normalized spacial score (nSPS) is 15.8. The van der Waals surface area contributed by atoms with Gasteiger partial charge in [0.15, 0.2) is 0 Å². The highest BCUT2D eigenvalue weighted by atomic mass is 32.1. The molecule has 0 radical (unpaired) electrons. The van der Waals surface area contributed by atoms with Crippen LogP contribution in [0.5, 0.6) is 0 Å². The first-order valence-electron chi connectivity index (χ1n) is 11.6. The number of anilines is 3. The van der Waals surface area contributed by atoms with Gasteiger partial charge in [-0.05, 0) is 37.0 Å². The fourth-order valence-electron chi connectivity index (χ4n) is 4.67. The van der Waals surface area contributed by atoms with E-state index >= 15 is 0 Å². The van der Waals surface area contributed by atoms with E-state index in [0.29, 0.717) is 25.1 Å². The number of hydrogen-bond acceptors (Lipinski definition) is 7. The molecule has 4 aromatic heterocycles. The molecule has 0 bridgehead atoms. The average molecular weight is 518 g/mol. The van der Waals surface area contributed by atoms with E-state index in [-0.39, 0.29) is 18.4 Å². The maximum atomic E-state index is 12.8. The lowest BCUT2D eigenvalue weighted by Crippen LogP contribution is -2.37. The highest BCUT2D eigenvalue weighted by Gasteiger charge is 2.33. The van der Waals surface area contributed by atoms with Crippen LogP contribution in [0.25, 0.3) is 15.7 Å². The molecule has 5 rings (SSSR count). The highest BCUT2D eigenvalue weighted by Crippen LogP contribution is 2.41. The number of amides is 1. The summed E-state index contributed by atoms with van der Waals surface area (Å²) in [6.07, 6.45) is 1.65. The first kappa shape index (κ1) is 24.3. The first-order valence-corrected chi connectivity index (χ1v) is 12.4. The molecule has 190 valence electrons. The Balaban J connectivity index is 1.42. The molecule has 1 aliphatic carbocycles. The van der Waals surface area contributed by atoms with Crippen molar-refractivity contribution in [3.63, 3.8) is 0 Å². The molecule has 4 heterocycles. The van der Waals surface area contributed by atoms with E-state index in [1.807, 2.05) is 41.8 Å². The van der Waals surface area contributed by atoms with Crippen molar-refractivity contribution in [2.45, 2.75) is 31.9 Å². The number of nitrogens with zero attached hydrogens (tertiary/aromatic N) is 6. The third-order valence-electron chi connectivity index (χ3n) is 6.55. The molecule has 12 heteroatoms. The molecule has 1 aliphatic rings. The molecule has 0 fully saturated rings. The minimum absolute atomic E-state index is 0.239. The van der Waals surface area contributed by atoms with Gasteiger partial charge in [0.25, 0.3) is 0 Å². The largest absolute Gasteiger partial charge is 0.390 e. The molecular formula is C24H26F3N7OS. The second kappa shape index (κ2) is 9.23. The molecule has 0 aromatic carbocycles. The zero-order chi connectivity index (χ0) is 25.6. The van der Waals surface area contributed by atoms with E-state index in [9.17, 15) is 18.0 Å². The van der Waals surface area contributed by atoms with Gasteiger partial charge in [0, 0.05) is 44.7 Å². The van der Waals surface area contributed by atoms with Crippen LogP contribution in [-0.4, -0.2) is 64.3 Å². The van der Waals surface area contributed by atoms with Gasteiger partial charge in [0.05, 0.1) is 34.9 Å². The minimum atomic E-state index is -4.28. The monoisotopic (exact) mass is 517 g/mol. The van der Waals surface area contributed by atoms with Crippen LogP contribution >= 0.6 is 11.3 Å². The number of fused-ring (bicyclic) bond motifs is 4. The molecule has 1 N–H and O–H groups in total. The summed E-state index contributed by atoms with van der Waals surface area (Å²) in [5, 5.41) is 8.74. The van der Waals surface area contributed by atoms with Crippen molar-refractivity contribution in [3.05, 3.63) is 41.3 Å². The third kappa shape index (κ3) is 4.69. The predicted octanol–water partition coefficient (Wildman–Crippen LogP) is 4.66. The summed E-state index contributed by atoms with van der Waals surface area (Å²) in [5.41, 5.74) is 3.87. The van der Waals surface area contributed by atoms with Gasteiger partial charge in [-0.15, -0.1) is 11.3 Å². The maximum Gasteiger partial charge on any atom is 0.390 e. The van der Waals surface area contributed by atoms with Gasteiger partial charge in [-0.3, -0.25) is 4.79 Å². The number of hydrogen-bond donors (Lipinski definition) is 1. The van der Waals surface area contributed by atoms with Gasteiger partial charge in [-0.1, -0.05) is 0 Å². The zero-order valence-corrected chi connectivity index (χ0v) is 20.9. The molecule has 1 atom stereocenters. The van der Waals surface area contributed by atoms with Crippen molar-refractivity contribution in [2.75, 3.05) is 37.9 Å². The Labute approximate surface area is 209 Å². The number of aromatic nitrogens is 4. The molecule has 0 unspecified atom stereocenters. The van der Waals surface area contributed by atoms with Gasteiger partial charge >= 0.3 is 6.18 Å². The molecule has 0 saturated heterocycles. The summed E-state index contributed by atoms with van der Waals surface area (Å²) in [7, 11) is 5.36. The Kier molecular flexibility index (Phi) is 6.23. The van der Waals surface area contributed by atoms with Crippen molar-refractivity contribution in [3.8, 4) is 0 Å². The van der Waals surface area contributed by atoms with Crippen LogP contribution in [0.2, 0.25) is 0 Å². The summed E-state index contributed by atoms with van der Waals surface area (Å²) in [6.45, 7) is -0.326. The van der Waals surface area contributed by atoms with Crippen LogP contribution < -0.4 is 10.2 Å². The molecule has 4 aromatic rings. The molecule has 1 amide bonds. The summed E-state index contributed by atoms with van der Waals surface area (Å²) < 4.78 is 39.6. The second-order valence-corrected chi connectivity index (χ2v) is 10.3. The number of rotatable bonds is 6. The summed E-state index contributed by atoms with van der Waals surface area (Å²) in [6, 6.07) is 3.94. The summed E-state index contributed by atoms with van der Waals surface area (Å²) in [4.78, 5) is 26.9. The lowest BCUT2D eigenvalue weighted by molar-refractivity contribution is -0.146. The Morgan fingerprint density at radius 3 is 2.83 bits per heavy atom. The van der Waals surface area contributed by atoms with Gasteiger partial charge < -0.3 is 15.1 Å². The quantitative estimate of drug-likeness (QED) is 0.401. The van der Waals surface area contributed by atoms with E-state index < -0.39 is 12.6 Å². The van der Waals surface area contributed by atoms with E-state index in [4.69, 9.17) is 0 Å². The first-order chi connectivity index (χ1) is 17.1. The minimum Gasteiger partial charge on any atom is -0.375 e. The number of pyridine rings is 1. The zero-order valence-electron chi connectivity index (χ0n) is 20.1. The van der Waals surface area contributed by atoms with E-state index in [0.717, 1.165) is 37.5 Å². The highest BCUT2D eigenvalue weighted by molar-refractivity contribution is 7.19. The summed E-state index contributed by atoms with van der Waals surface area (Å²) in [5.74, 6) is 0.117. The summed E-state index contributed by atoms with van der Waals surface area (Å²) >= 11 is 1.52. The Bertz CT molecular complexity index is 1430. The third-order valence-corrected chi connectivity index (χ3v) is 7.71. The lowest BCUT2D eigenvalue weighted by atomic mass is 9.87. The number of carbonyl (C=O) groups excluding carboxylic acids is 1. The van der Waals surface area contributed by atoms with Crippen LogP contribution in [0, 0.1) is 5.92 Å². The van der Waals surface area contributed by atoms with E-state index in [1.54, 1.807) is 6.20 Å². The topological polar surface area (TPSA) is 78.7 Å². The van der Waals surface area contributed by atoms with Gasteiger partial charge in [-0.25, -0.2) is 14.5 Å². The van der Waals surface area contributed by atoms with Crippen LogP contribution in [-0.2, 0) is 17.6 Å². The number of carbonyl (C=O) groups is 1. The number of nitrogens with one attached hydrogen (secondary N) is 1. The fraction of sp³-hybridized carbons (Fsp3) is 0.417. The van der Waals surface area contributed by atoms with Crippen LogP contribution in [0.3, 0.4) is 0 Å². The van der Waals surface area contributed by atoms with Crippen molar-refractivity contribution in [1.82, 2.24) is 24.5 Å². The molecule has 8 nitrogen and oxygen atoms in total. The Morgan fingerprint density at radius 1 is 1.28 bits per heavy atom. The number of thiophene rings is 1. The molecule has 0 saturated carbocycles. The van der Waals surface area contributed by atoms with Crippen molar-refractivity contribution >= 4 is 50.2 Å². The van der Waals surface area contributed by atoms with E-state index in [1.165, 1.54) is 29.6 Å². The number of alkyl halides is 3. The van der Waals surface area contributed by atoms with Crippen LogP contribution in [0.4, 0.5) is 30.4 Å². The number of aryl methyl sites for hydroxylation is 1. The smallest absolute Gasteiger partial charge is 0.375 e. The molecular weight excluding hydrogens is 491 g/mol. The van der Waals surface area contributed by atoms with Gasteiger partial charge in [0.2, 0.25) is 5.91 Å². The predicted molar refractivity (Wildman–Crippen MR) is 134 cm³/mol. The van der Waals surface area contributed by atoms with E-state index in [2.05, 4.69) is 20.4 Å². The standard InChI is InChI=1S/C24H26F3N7OS/c1-32(2)18-12-34-15(6-8-30-34)11-17(18)31-21-20-16-5-4-14(10-19(16)36-22(20)29-13-28-21)23(35)33(3)9-7-24(25,26)27/h6,8,11-14H,4-5,7,9-10H2,1-3H3,(H,28,29,31)/t14-/m0/s1. The number of halogens is 3. The Morgan fingerprint density at radius 2 is 2.08 bits per heavy atom. The lowest BCUT2D eigenvalue weighted by Gasteiger charge is -2.27. The average Bonchev–Trinajstić information content (AvgIpc) is 3.44. The van der Waals surface area contributed by atoms with Crippen LogP contribution in [0.1, 0.15) is 23.3 Å². The maximum absolute atomic E-state index is 12.8. The van der Waals surface area contributed by atoms with Crippen molar-refractivity contribution < 1.29 is 18.0 Å². The fourth-order valence-corrected chi connectivity index (χ4v) is 5.94. The molecule has 0 aliphatic heterocycles. The van der Waals surface area contributed by atoms with Gasteiger partial charge in [0.1, 0.15) is 17.0 Å². The van der Waals surface area contributed by atoms with Crippen LogP contribution in [0.15, 0.2) is 30.9 Å².